The number of nitrogens with one attached hydrogen (secondary N) is 1. The third-order valence-electron chi connectivity index (χ3n) is 10.6. The Morgan fingerprint density at radius 1 is 1.08 bits per heavy atom. The number of hydrogen-bond acceptors (Lipinski definition) is 4. The van der Waals surface area contributed by atoms with E-state index < -0.39 is 11.3 Å². The molecule has 2 saturated carbocycles. The maximum Gasteiger partial charge on any atom is 0.315 e. The molecule has 2 unspecified atom stereocenters. The van der Waals surface area contributed by atoms with Gasteiger partial charge in [-0.2, -0.15) is 0 Å². The van der Waals surface area contributed by atoms with E-state index >= 15 is 0 Å². The molecule has 2 aromatic rings. The van der Waals surface area contributed by atoms with Gasteiger partial charge >= 0.3 is 5.97 Å². The number of carbonyl (C=O) groups excluding carboxylic acids is 2. The topological polar surface area (TPSA) is 55.4 Å². The number of carbonyl (C=O) groups is 2. The quantitative estimate of drug-likeness (QED) is 0.364. The predicted octanol–water partition coefficient (Wildman–Crippen LogP) is 7.16. The number of esters is 1. The van der Waals surface area contributed by atoms with Gasteiger partial charge in [-0.25, -0.2) is 0 Å². The van der Waals surface area contributed by atoms with Crippen molar-refractivity contribution in [2.24, 2.45) is 28.1 Å². The van der Waals surface area contributed by atoms with Crippen LogP contribution in [0.4, 0.5) is 5.69 Å². The Hall–Kier alpha value is -2.88. The van der Waals surface area contributed by atoms with E-state index in [9.17, 15) is 9.59 Å². The van der Waals surface area contributed by atoms with Crippen LogP contribution in [-0.2, 0) is 14.3 Å². The second-order valence-corrected chi connectivity index (χ2v) is 12.9. The highest BCUT2D eigenvalue weighted by atomic mass is 16.5. The second-order valence-electron chi connectivity index (χ2n) is 12.9. The molecular formula is C32H37NO3. The highest BCUT2D eigenvalue weighted by molar-refractivity contribution is 6.06. The molecule has 2 bridgehead atoms. The number of ketones is 1. The molecule has 0 spiro atoms. The van der Waals surface area contributed by atoms with E-state index in [0.717, 1.165) is 39.7 Å². The summed E-state index contributed by atoms with van der Waals surface area (Å²) in [5.41, 5.74) is 4.97. The van der Waals surface area contributed by atoms with E-state index in [4.69, 9.17) is 4.74 Å². The van der Waals surface area contributed by atoms with Crippen molar-refractivity contribution in [2.45, 2.75) is 66.2 Å². The molecule has 0 aromatic heterocycles. The smallest absolute Gasteiger partial charge is 0.315 e. The van der Waals surface area contributed by atoms with Gasteiger partial charge in [0.15, 0.2) is 5.78 Å². The molecule has 2 aromatic carbocycles. The summed E-state index contributed by atoms with van der Waals surface area (Å²) in [6.07, 6.45) is 6.32. The van der Waals surface area contributed by atoms with Crippen LogP contribution < -0.4 is 5.32 Å². The highest BCUT2D eigenvalue weighted by Crippen LogP contribution is 2.68. The van der Waals surface area contributed by atoms with Gasteiger partial charge in [0.2, 0.25) is 0 Å². The number of ether oxygens (including phenoxy) is 1. The fourth-order valence-corrected chi connectivity index (χ4v) is 8.01. The van der Waals surface area contributed by atoms with Crippen LogP contribution in [0.5, 0.6) is 0 Å². The van der Waals surface area contributed by atoms with Crippen LogP contribution in [0, 0.1) is 28.1 Å². The lowest BCUT2D eigenvalue weighted by atomic mass is 9.63. The van der Waals surface area contributed by atoms with Crippen LogP contribution in [0.2, 0.25) is 0 Å². The highest BCUT2D eigenvalue weighted by Gasteiger charge is 2.59. The number of Topliss-reactive ketones (excluding diaryl/α,β-unsaturated/α-hetero) is 1. The van der Waals surface area contributed by atoms with Gasteiger partial charge in [0, 0.05) is 29.3 Å². The first-order valence-corrected chi connectivity index (χ1v) is 13.3. The molecule has 36 heavy (non-hydrogen) atoms. The molecule has 1 N–H and O–H groups in total. The minimum atomic E-state index is -0.525. The first-order chi connectivity index (χ1) is 17.0. The second kappa shape index (κ2) is 7.57. The maximum atomic E-state index is 13.9. The fraction of sp³-hybridized carbons (Fsp3) is 0.500. The lowest BCUT2D eigenvalue weighted by molar-refractivity contribution is -0.148. The Kier molecular flexibility index (Phi) is 4.94. The lowest BCUT2D eigenvalue weighted by Gasteiger charge is -2.44. The van der Waals surface area contributed by atoms with Crippen molar-refractivity contribution in [3.05, 3.63) is 64.9 Å². The minimum absolute atomic E-state index is 0.132. The number of hydrogen-bond donors (Lipinski definition) is 1. The molecule has 0 saturated heterocycles. The molecule has 188 valence electrons. The zero-order valence-electron chi connectivity index (χ0n) is 22.3. The minimum Gasteiger partial charge on any atom is -0.468 e. The normalized spacial score (nSPS) is 32.9. The summed E-state index contributed by atoms with van der Waals surface area (Å²) in [6.45, 7) is 11.3. The van der Waals surface area contributed by atoms with E-state index in [0.29, 0.717) is 12.3 Å². The first-order valence-electron chi connectivity index (χ1n) is 13.3. The monoisotopic (exact) mass is 483 g/mol. The standard InChI is InChI=1S/C32H37NO3/c1-30(2)17-24(34)26-22(16-20-15-19-13-14-32(20,5)31(19,3)4)25-21-10-8-7-9-18(21)11-12-23(25)33-28(26)27(30)29(35)36-6/h7-12,16,19,22,27,33H,13-15,17H2,1-6H3/t19?,22-,27-,32?/m1/s1. The Morgan fingerprint density at radius 2 is 1.83 bits per heavy atom. The summed E-state index contributed by atoms with van der Waals surface area (Å²) < 4.78 is 5.28. The number of benzene rings is 2. The van der Waals surface area contributed by atoms with Crippen molar-refractivity contribution < 1.29 is 14.3 Å². The molecule has 0 radical (unpaired) electrons. The van der Waals surface area contributed by atoms with Gasteiger partial charge in [0.25, 0.3) is 0 Å². The van der Waals surface area contributed by atoms with Crippen molar-refractivity contribution in [2.75, 3.05) is 12.4 Å². The van der Waals surface area contributed by atoms with E-state index in [1.54, 1.807) is 0 Å². The average Bonchev–Trinajstić information content (AvgIpc) is 3.16. The van der Waals surface area contributed by atoms with E-state index in [-0.39, 0.29) is 28.5 Å². The van der Waals surface area contributed by atoms with Crippen LogP contribution in [0.25, 0.3) is 10.8 Å². The van der Waals surface area contributed by atoms with Gasteiger partial charge in [-0.1, -0.05) is 76.6 Å². The summed E-state index contributed by atoms with van der Waals surface area (Å²) in [5, 5.41) is 5.91. The molecular weight excluding hydrogens is 446 g/mol. The Balaban J connectivity index is 1.63. The fourth-order valence-electron chi connectivity index (χ4n) is 8.01. The van der Waals surface area contributed by atoms with Crippen molar-refractivity contribution in [3.8, 4) is 0 Å². The summed E-state index contributed by atoms with van der Waals surface area (Å²) in [4.78, 5) is 27.1. The van der Waals surface area contributed by atoms with Crippen molar-refractivity contribution >= 4 is 28.2 Å². The Bertz CT molecular complexity index is 1380. The SMILES string of the molecule is COC(=O)[C@H]1C2=C(C(=O)CC1(C)C)[C@H](C=C1CC3CCC1(C)C3(C)C)c1c(ccc3ccccc13)N2. The molecule has 1 heterocycles. The van der Waals surface area contributed by atoms with Gasteiger partial charge in [-0.05, 0) is 63.8 Å². The molecule has 4 heteroatoms. The average molecular weight is 484 g/mol. The predicted molar refractivity (Wildman–Crippen MR) is 144 cm³/mol. The van der Waals surface area contributed by atoms with Crippen LogP contribution in [-0.4, -0.2) is 18.9 Å². The van der Waals surface area contributed by atoms with Crippen LogP contribution in [0.3, 0.4) is 0 Å². The molecule has 6 rings (SSSR count). The maximum absolute atomic E-state index is 13.9. The van der Waals surface area contributed by atoms with Gasteiger partial charge in [0.1, 0.15) is 5.92 Å². The summed E-state index contributed by atoms with van der Waals surface area (Å²) >= 11 is 0. The van der Waals surface area contributed by atoms with Crippen LogP contribution >= 0.6 is 0 Å². The van der Waals surface area contributed by atoms with E-state index in [1.165, 1.54) is 25.5 Å². The van der Waals surface area contributed by atoms with E-state index in [1.807, 2.05) is 13.8 Å². The molecule has 2 fully saturated rings. The Morgan fingerprint density at radius 3 is 2.50 bits per heavy atom. The summed E-state index contributed by atoms with van der Waals surface area (Å²) in [7, 11) is 1.44. The molecule has 4 aliphatic rings. The number of fused-ring (bicyclic) bond motifs is 5. The van der Waals surface area contributed by atoms with Crippen molar-refractivity contribution in [3.63, 3.8) is 0 Å². The zero-order chi connectivity index (χ0) is 25.6. The van der Waals surface area contributed by atoms with Crippen molar-refractivity contribution in [1.82, 2.24) is 0 Å². The van der Waals surface area contributed by atoms with Crippen LogP contribution in [0.15, 0.2) is 59.3 Å². The number of methoxy groups -OCH3 is 1. The first kappa shape index (κ1) is 23.5. The van der Waals surface area contributed by atoms with E-state index in [2.05, 4.69) is 68.6 Å². The molecule has 1 aliphatic heterocycles. The van der Waals surface area contributed by atoms with Gasteiger partial charge in [-0.15, -0.1) is 0 Å². The number of allylic oxidation sites excluding steroid dienone is 3. The molecule has 3 aliphatic carbocycles. The summed E-state index contributed by atoms with van der Waals surface area (Å²) in [6, 6.07) is 12.7. The number of rotatable bonds is 2. The van der Waals surface area contributed by atoms with Gasteiger partial charge in [0.05, 0.1) is 7.11 Å². The molecule has 4 nitrogen and oxygen atoms in total. The number of anilines is 1. The molecule has 4 atom stereocenters. The van der Waals surface area contributed by atoms with Crippen LogP contribution in [0.1, 0.15) is 71.8 Å². The largest absolute Gasteiger partial charge is 0.468 e. The third kappa shape index (κ3) is 2.99. The van der Waals surface area contributed by atoms with Gasteiger partial charge < -0.3 is 10.1 Å². The molecule has 0 amide bonds. The zero-order valence-corrected chi connectivity index (χ0v) is 22.3. The summed E-state index contributed by atoms with van der Waals surface area (Å²) in [5.74, 6) is -0.158. The third-order valence-corrected chi connectivity index (χ3v) is 10.6. The lowest BCUT2D eigenvalue weighted by Crippen LogP contribution is -2.44. The van der Waals surface area contributed by atoms with Gasteiger partial charge in [-0.3, -0.25) is 9.59 Å². The Labute approximate surface area is 214 Å². The van der Waals surface area contributed by atoms with Crippen molar-refractivity contribution in [1.29, 1.82) is 0 Å².